The van der Waals surface area contributed by atoms with Crippen LogP contribution in [-0.2, 0) is 6.54 Å². The van der Waals surface area contributed by atoms with Crippen LogP contribution >= 0.6 is 0 Å². The highest BCUT2D eigenvalue weighted by molar-refractivity contribution is 6.05. The molecule has 0 unspecified atom stereocenters. The van der Waals surface area contributed by atoms with Crippen molar-refractivity contribution in [2.75, 3.05) is 5.32 Å². The maximum absolute atomic E-state index is 13.4. The molecule has 0 aliphatic rings. The summed E-state index contributed by atoms with van der Waals surface area (Å²) in [6, 6.07) is 11.6. The molecule has 0 radical (unpaired) electrons. The first-order valence-corrected chi connectivity index (χ1v) is 9.53. The van der Waals surface area contributed by atoms with Gasteiger partial charge in [-0.3, -0.25) is 9.59 Å². The number of anilines is 1. The Bertz CT molecular complexity index is 1400. The van der Waals surface area contributed by atoms with E-state index in [9.17, 15) is 23.2 Å². The lowest BCUT2D eigenvalue weighted by Gasteiger charge is -2.10. The van der Waals surface area contributed by atoms with Crippen LogP contribution in [0, 0.1) is 11.6 Å². The second-order valence-corrected chi connectivity index (χ2v) is 6.90. The van der Waals surface area contributed by atoms with Crippen LogP contribution in [0.15, 0.2) is 60.8 Å². The molecular weight excluding hydrogens is 436 g/mol. The Labute approximate surface area is 184 Å². The van der Waals surface area contributed by atoms with Crippen molar-refractivity contribution < 1.29 is 28.3 Å². The molecule has 0 bridgehead atoms. The number of hydrogen-bond acceptors (Lipinski definition) is 5. The third-order valence-electron chi connectivity index (χ3n) is 4.63. The molecule has 0 aliphatic carbocycles. The lowest BCUT2D eigenvalue weighted by molar-refractivity contribution is 0.0696. The highest BCUT2D eigenvalue weighted by Crippen LogP contribution is 2.15. The Morgan fingerprint density at radius 2 is 1.79 bits per heavy atom. The molecule has 33 heavy (non-hydrogen) atoms. The Morgan fingerprint density at radius 3 is 2.55 bits per heavy atom. The zero-order chi connectivity index (χ0) is 23.5. The van der Waals surface area contributed by atoms with Crippen molar-refractivity contribution in [1.82, 2.24) is 19.9 Å². The third kappa shape index (κ3) is 4.66. The smallest absolute Gasteiger partial charge is 0.335 e. The van der Waals surface area contributed by atoms with Gasteiger partial charge in [-0.05, 0) is 35.9 Å². The molecule has 2 heterocycles. The van der Waals surface area contributed by atoms with Crippen LogP contribution in [0.2, 0.25) is 0 Å². The van der Waals surface area contributed by atoms with Crippen molar-refractivity contribution in [1.29, 1.82) is 0 Å². The maximum atomic E-state index is 13.4. The number of amides is 2. The van der Waals surface area contributed by atoms with Crippen molar-refractivity contribution in [2.24, 2.45) is 0 Å². The second kappa shape index (κ2) is 8.83. The molecule has 2 aromatic carbocycles. The number of carbonyl (C=O) groups is 3. The predicted octanol–water partition coefficient (Wildman–Crippen LogP) is 2.89. The summed E-state index contributed by atoms with van der Waals surface area (Å²) in [5, 5.41) is 18.3. The van der Waals surface area contributed by atoms with Crippen molar-refractivity contribution in [2.45, 2.75) is 6.54 Å². The molecule has 0 atom stereocenters. The topological polar surface area (TPSA) is 126 Å². The fraction of sp³-hybridized carbons (Fsp3) is 0.0455. The van der Waals surface area contributed by atoms with Gasteiger partial charge in [-0.25, -0.2) is 23.1 Å². The fourth-order valence-corrected chi connectivity index (χ4v) is 3.04. The number of aromatic nitrogens is 3. The van der Waals surface area contributed by atoms with Crippen LogP contribution in [0.1, 0.15) is 36.9 Å². The first kappa shape index (κ1) is 21.6. The maximum Gasteiger partial charge on any atom is 0.335 e. The molecule has 11 heteroatoms. The van der Waals surface area contributed by atoms with Gasteiger partial charge in [-0.15, -0.1) is 0 Å². The van der Waals surface area contributed by atoms with Crippen molar-refractivity contribution in [3.63, 3.8) is 0 Å². The summed E-state index contributed by atoms with van der Waals surface area (Å²) < 4.78 is 27.7. The van der Waals surface area contributed by atoms with Crippen LogP contribution in [-0.4, -0.2) is 37.5 Å². The van der Waals surface area contributed by atoms with Crippen LogP contribution in [0.3, 0.4) is 0 Å². The number of carbonyl (C=O) groups excluding carboxylic acids is 2. The summed E-state index contributed by atoms with van der Waals surface area (Å²) in [4.78, 5) is 40.8. The molecule has 2 amide bonds. The minimum absolute atomic E-state index is 0.0101. The molecule has 4 rings (SSSR count). The zero-order valence-corrected chi connectivity index (χ0v) is 16.8. The van der Waals surface area contributed by atoms with Crippen molar-refractivity contribution >= 4 is 29.1 Å². The van der Waals surface area contributed by atoms with E-state index in [1.54, 1.807) is 0 Å². The van der Waals surface area contributed by atoms with Gasteiger partial charge in [0, 0.05) is 24.4 Å². The molecule has 0 fully saturated rings. The van der Waals surface area contributed by atoms with E-state index in [4.69, 9.17) is 5.11 Å². The average Bonchev–Trinajstić information content (AvgIpc) is 3.28. The minimum atomic E-state index is -1.15. The Kier molecular flexibility index (Phi) is 5.77. The van der Waals surface area contributed by atoms with Gasteiger partial charge < -0.3 is 15.7 Å². The van der Waals surface area contributed by atoms with Crippen LogP contribution in [0.25, 0.3) is 5.65 Å². The van der Waals surface area contributed by atoms with E-state index in [2.05, 4.69) is 20.7 Å². The third-order valence-corrected chi connectivity index (χ3v) is 4.63. The molecule has 9 nitrogen and oxygen atoms in total. The van der Waals surface area contributed by atoms with Gasteiger partial charge in [-0.2, -0.15) is 5.10 Å². The minimum Gasteiger partial charge on any atom is -0.478 e. The highest BCUT2D eigenvalue weighted by Gasteiger charge is 2.18. The molecule has 0 spiro atoms. The van der Waals surface area contributed by atoms with Crippen LogP contribution < -0.4 is 10.6 Å². The first-order chi connectivity index (χ1) is 15.8. The van der Waals surface area contributed by atoms with Gasteiger partial charge >= 0.3 is 5.97 Å². The summed E-state index contributed by atoms with van der Waals surface area (Å²) in [5.74, 6) is -4.48. The Hall–Kier alpha value is -4.67. The predicted molar refractivity (Wildman–Crippen MR) is 112 cm³/mol. The Morgan fingerprint density at radius 1 is 0.970 bits per heavy atom. The normalized spacial score (nSPS) is 10.7. The molecule has 3 N–H and O–H groups in total. The molecular formula is C22H15F2N5O4. The number of rotatable bonds is 6. The molecule has 166 valence electrons. The van der Waals surface area contributed by atoms with E-state index in [1.807, 2.05) is 0 Å². The second-order valence-electron chi connectivity index (χ2n) is 6.90. The van der Waals surface area contributed by atoms with Gasteiger partial charge in [0.25, 0.3) is 11.8 Å². The SMILES string of the molecule is O=C(O)c1cccc(NC(=O)c2cc(C(=O)NCc3ccc(F)c(F)c3)nc3ccnn23)c1. The Balaban J connectivity index is 1.57. The van der Waals surface area contributed by atoms with E-state index < -0.39 is 29.4 Å². The number of halogens is 2. The van der Waals surface area contributed by atoms with Gasteiger partial charge in [0.05, 0.1) is 11.8 Å². The lowest BCUT2D eigenvalue weighted by Crippen LogP contribution is -2.26. The quantitative estimate of drug-likeness (QED) is 0.414. The average molecular weight is 451 g/mol. The molecule has 2 aromatic heterocycles. The number of fused-ring (bicyclic) bond motifs is 1. The van der Waals surface area contributed by atoms with Gasteiger partial charge in [0.2, 0.25) is 0 Å². The lowest BCUT2D eigenvalue weighted by atomic mass is 10.2. The number of carboxylic acids is 1. The number of aromatic carboxylic acids is 1. The van der Waals surface area contributed by atoms with E-state index in [-0.39, 0.29) is 34.8 Å². The van der Waals surface area contributed by atoms with Crippen LogP contribution in [0.5, 0.6) is 0 Å². The number of nitrogens with zero attached hydrogens (tertiary/aromatic N) is 3. The summed E-state index contributed by atoms with van der Waals surface area (Å²) in [6.45, 7) is -0.0916. The van der Waals surface area contributed by atoms with Gasteiger partial charge in [0.1, 0.15) is 11.4 Å². The van der Waals surface area contributed by atoms with E-state index >= 15 is 0 Å². The van der Waals surface area contributed by atoms with E-state index in [0.29, 0.717) is 5.56 Å². The summed E-state index contributed by atoms with van der Waals surface area (Å²) >= 11 is 0. The largest absolute Gasteiger partial charge is 0.478 e. The molecule has 4 aromatic rings. The highest BCUT2D eigenvalue weighted by atomic mass is 19.2. The summed E-state index contributed by atoms with van der Waals surface area (Å²) in [6.07, 6.45) is 1.40. The number of nitrogens with one attached hydrogen (secondary N) is 2. The number of hydrogen-bond donors (Lipinski definition) is 3. The monoisotopic (exact) mass is 451 g/mol. The van der Waals surface area contributed by atoms with Crippen LogP contribution in [0.4, 0.5) is 14.5 Å². The van der Waals surface area contributed by atoms with E-state index in [1.165, 1.54) is 53.2 Å². The van der Waals surface area contributed by atoms with Crippen molar-refractivity contribution in [3.05, 3.63) is 94.9 Å². The van der Waals surface area contributed by atoms with E-state index in [0.717, 1.165) is 12.1 Å². The van der Waals surface area contributed by atoms with Gasteiger partial charge in [-0.1, -0.05) is 12.1 Å². The molecule has 0 aliphatic heterocycles. The standard InChI is InChI=1S/C22H15F2N5O4/c23-15-5-4-12(8-16(15)24)11-25-20(30)17-10-18(29-19(28-17)6-7-26-29)21(31)27-14-3-1-2-13(9-14)22(32)33/h1-10H,11H2,(H,25,30)(H,27,31)(H,32,33). The fourth-order valence-electron chi connectivity index (χ4n) is 3.04. The van der Waals surface area contributed by atoms with Crippen molar-refractivity contribution in [3.8, 4) is 0 Å². The molecule has 0 saturated heterocycles. The summed E-state index contributed by atoms with van der Waals surface area (Å²) in [7, 11) is 0. The van der Waals surface area contributed by atoms with Gasteiger partial charge in [0.15, 0.2) is 17.3 Å². The zero-order valence-electron chi connectivity index (χ0n) is 16.8. The number of benzene rings is 2. The molecule has 0 saturated carbocycles. The summed E-state index contributed by atoms with van der Waals surface area (Å²) in [5.41, 5.74) is 0.660. The first-order valence-electron chi connectivity index (χ1n) is 9.53. The number of carboxylic acid groups (broad SMARTS) is 1.